The van der Waals surface area contributed by atoms with Crippen LogP contribution in [0.2, 0.25) is 0 Å². The monoisotopic (exact) mass is 219 g/mol. The quantitative estimate of drug-likeness (QED) is 0.770. The summed E-state index contributed by atoms with van der Waals surface area (Å²) in [5, 5.41) is 1.25. The van der Waals surface area contributed by atoms with E-state index in [1.54, 1.807) is 6.08 Å². The maximum Gasteiger partial charge on any atom is 0.233 e. The third-order valence-electron chi connectivity index (χ3n) is 1.99. The molecule has 0 heterocycles. The molecule has 0 fully saturated rings. The molecule has 0 aromatic rings. The summed E-state index contributed by atoms with van der Waals surface area (Å²) in [7, 11) is -3.25. The summed E-state index contributed by atoms with van der Waals surface area (Å²) in [4.78, 5) is 0. The predicted molar refractivity (Wildman–Crippen MR) is 60.3 cm³/mol. The van der Waals surface area contributed by atoms with E-state index >= 15 is 0 Å². The largest absolute Gasteiger partial charge is 0.233 e. The molecule has 0 aromatic carbocycles. The van der Waals surface area contributed by atoms with Gasteiger partial charge in [-0.1, -0.05) is 33.8 Å². The highest BCUT2D eigenvalue weighted by Crippen LogP contribution is 2.03. The SMILES string of the molecule is CC(C)/C=C/S(=O)(=O)N[C@@H](C)C(C)C. The van der Waals surface area contributed by atoms with Gasteiger partial charge >= 0.3 is 0 Å². The Hall–Kier alpha value is -0.350. The molecule has 0 amide bonds. The van der Waals surface area contributed by atoms with Gasteiger partial charge in [0.2, 0.25) is 10.0 Å². The molecule has 0 rings (SSSR count). The van der Waals surface area contributed by atoms with Gasteiger partial charge in [-0.3, -0.25) is 0 Å². The summed E-state index contributed by atoms with van der Waals surface area (Å²) >= 11 is 0. The first-order valence-corrected chi connectivity index (χ1v) is 6.49. The van der Waals surface area contributed by atoms with Crippen LogP contribution in [-0.4, -0.2) is 14.5 Å². The minimum absolute atomic E-state index is 0.0307. The summed E-state index contributed by atoms with van der Waals surface area (Å²) < 4.78 is 25.5. The molecule has 0 aliphatic rings. The molecule has 0 aliphatic heterocycles. The summed E-state index contributed by atoms with van der Waals surface area (Å²) in [6.45, 7) is 9.72. The Kier molecular flexibility index (Phi) is 5.37. The zero-order valence-electron chi connectivity index (χ0n) is 9.61. The molecule has 0 spiro atoms. The van der Waals surface area contributed by atoms with Crippen LogP contribution in [0.15, 0.2) is 11.5 Å². The van der Waals surface area contributed by atoms with Crippen molar-refractivity contribution >= 4 is 10.0 Å². The van der Waals surface area contributed by atoms with Crippen LogP contribution in [0.1, 0.15) is 34.6 Å². The van der Waals surface area contributed by atoms with Crippen molar-refractivity contribution in [3.8, 4) is 0 Å². The van der Waals surface area contributed by atoms with Crippen LogP contribution in [0.3, 0.4) is 0 Å². The number of sulfonamides is 1. The number of nitrogens with one attached hydrogen (secondary N) is 1. The number of hydrogen-bond donors (Lipinski definition) is 1. The molecule has 0 unspecified atom stereocenters. The van der Waals surface area contributed by atoms with Crippen LogP contribution in [0.5, 0.6) is 0 Å². The lowest BCUT2D eigenvalue weighted by Crippen LogP contribution is -2.34. The van der Waals surface area contributed by atoms with Crippen molar-refractivity contribution in [1.82, 2.24) is 4.72 Å². The van der Waals surface area contributed by atoms with Crippen LogP contribution in [-0.2, 0) is 10.0 Å². The number of allylic oxidation sites excluding steroid dienone is 1. The molecule has 0 bridgehead atoms. The van der Waals surface area contributed by atoms with E-state index in [0.717, 1.165) is 0 Å². The zero-order chi connectivity index (χ0) is 11.4. The van der Waals surface area contributed by atoms with Crippen molar-refractivity contribution < 1.29 is 8.42 Å². The Morgan fingerprint density at radius 3 is 1.93 bits per heavy atom. The fraction of sp³-hybridized carbons (Fsp3) is 0.800. The Balaban J connectivity index is 4.36. The molecule has 3 nitrogen and oxygen atoms in total. The fourth-order valence-corrected chi connectivity index (χ4v) is 2.09. The Morgan fingerprint density at radius 2 is 1.57 bits per heavy atom. The minimum Gasteiger partial charge on any atom is -0.209 e. The summed E-state index contributed by atoms with van der Waals surface area (Å²) in [6.07, 6.45) is 1.68. The average Bonchev–Trinajstić information content (AvgIpc) is 2.00. The van der Waals surface area contributed by atoms with Crippen LogP contribution < -0.4 is 4.72 Å². The van der Waals surface area contributed by atoms with E-state index in [1.807, 2.05) is 34.6 Å². The Labute approximate surface area is 87.6 Å². The van der Waals surface area contributed by atoms with E-state index in [1.165, 1.54) is 5.41 Å². The molecular formula is C10H21NO2S. The molecule has 0 radical (unpaired) electrons. The third kappa shape index (κ3) is 6.16. The molecule has 1 N–H and O–H groups in total. The lowest BCUT2D eigenvalue weighted by molar-refractivity contribution is 0.480. The summed E-state index contributed by atoms with van der Waals surface area (Å²) in [6, 6.07) is -0.0307. The van der Waals surface area contributed by atoms with Gasteiger partial charge in [0.15, 0.2) is 0 Å². The van der Waals surface area contributed by atoms with E-state index in [-0.39, 0.29) is 12.0 Å². The third-order valence-corrected chi connectivity index (χ3v) is 3.21. The lowest BCUT2D eigenvalue weighted by atomic mass is 10.1. The van der Waals surface area contributed by atoms with Gasteiger partial charge in [0.25, 0.3) is 0 Å². The first kappa shape index (κ1) is 13.7. The highest BCUT2D eigenvalue weighted by atomic mass is 32.2. The molecule has 0 aromatic heterocycles. The standard InChI is InChI=1S/C10H21NO2S/c1-8(2)6-7-14(12,13)11-10(5)9(3)4/h6-11H,1-5H3/b7-6+/t10-/m0/s1. The smallest absolute Gasteiger partial charge is 0.209 e. The molecule has 84 valence electrons. The first-order chi connectivity index (χ1) is 6.24. The predicted octanol–water partition coefficient (Wildman–Crippen LogP) is 2.12. The van der Waals surface area contributed by atoms with Gasteiger partial charge < -0.3 is 0 Å². The van der Waals surface area contributed by atoms with E-state index < -0.39 is 10.0 Å². The second kappa shape index (κ2) is 5.51. The molecule has 0 saturated carbocycles. The molecule has 0 aliphatic carbocycles. The van der Waals surface area contributed by atoms with E-state index in [0.29, 0.717) is 5.92 Å². The van der Waals surface area contributed by atoms with Crippen molar-refractivity contribution in [2.75, 3.05) is 0 Å². The minimum atomic E-state index is -3.25. The normalized spacial score (nSPS) is 15.6. The van der Waals surface area contributed by atoms with Crippen molar-refractivity contribution in [2.24, 2.45) is 11.8 Å². The highest BCUT2D eigenvalue weighted by molar-refractivity contribution is 7.92. The molecule has 14 heavy (non-hydrogen) atoms. The molecule has 4 heteroatoms. The van der Waals surface area contributed by atoms with Crippen LogP contribution >= 0.6 is 0 Å². The van der Waals surface area contributed by atoms with Crippen molar-refractivity contribution in [1.29, 1.82) is 0 Å². The van der Waals surface area contributed by atoms with Crippen molar-refractivity contribution in [2.45, 2.75) is 40.7 Å². The van der Waals surface area contributed by atoms with Gasteiger partial charge in [0, 0.05) is 11.4 Å². The first-order valence-electron chi connectivity index (χ1n) is 4.95. The van der Waals surface area contributed by atoms with Gasteiger partial charge in [0.1, 0.15) is 0 Å². The van der Waals surface area contributed by atoms with E-state index in [9.17, 15) is 8.42 Å². The lowest BCUT2D eigenvalue weighted by Gasteiger charge is -2.15. The van der Waals surface area contributed by atoms with Gasteiger partial charge in [-0.05, 0) is 18.8 Å². The van der Waals surface area contributed by atoms with Gasteiger partial charge in [-0.25, -0.2) is 13.1 Å². The summed E-state index contributed by atoms with van der Waals surface area (Å²) in [5.41, 5.74) is 0. The Morgan fingerprint density at radius 1 is 1.07 bits per heavy atom. The number of hydrogen-bond acceptors (Lipinski definition) is 2. The summed E-state index contributed by atoms with van der Waals surface area (Å²) in [5.74, 6) is 0.554. The molecule has 0 saturated heterocycles. The van der Waals surface area contributed by atoms with Gasteiger partial charge in [0.05, 0.1) is 0 Å². The van der Waals surface area contributed by atoms with Crippen LogP contribution in [0.4, 0.5) is 0 Å². The van der Waals surface area contributed by atoms with Crippen LogP contribution in [0, 0.1) is 11.8 Å². The number of rotatable bonds is 5. The van der Waals surface area contributed by atoms with E-state index in [2.05, 4.69) is 4.72 Å². The molecule has 1 atom stereocenters. The average molecular weight is 219 g/mol. The maximum atomic E-state index is 11.5. The Bertz CT molecular complexity index is 278. The van der Waals surface area contributed by atoms with Gasteiger partial charge in [-0.2, -0.15) is 0 Å². The fourth-order valence-electron chi connectivity index (χ4n) is 0.695. The maximum absolute atomic E-state index is 11.5. The second-order valence-corrected chi connectivity index (χ2v) is 5.87. The van der Waals surface area contributed by atoms with Crippen molar-refractivity contribution in [3.63, 3.8) is 0 Å². The van der Waals surface area contributed by atoms with Crippen molar-refractivity contribution in [3.05, 3.63) is 11.5 Å². The van der Waals surface area contributed by atoms with Gasteiger partial charge in [-0.15, -0.1) is 0 Å². The zero-order valence-corrected chi connectivity index (χ0v) is 10.4. The second-order valence-electron chi connectivity index (χ2n) is 4.27. The molecular weight excluding hydrogens is 198 g/mol. The highest BCUT2D eigenvalue weighted by Gasteiger charge is 2.13. The van der Waals surface area contributed by atoms with E-state index in [4.69, 9.17) is 0 Å². The topological polar surface area (TPSA) is 46.2 Å². The van der Waals surface area contributed by atoms with Crippen LogP contribution in [0.25, 0.3) is 0 Å².